The van der Waals surface area contributed by atoms with E-state index in [4.69, 9.17) is 0 Å². The van der Waals surface area contributed by atoms with Crippen molar-refractivity contribution in [2.24, 2.45) is 0 Å². The van der Waals surface area contributed by atoms with Gasteiger partial charge in [0.15, 0.2) is 0 Å². The van der Waals surface area contributed by atoms with Gasteiger partial charge in [-0.2, -0.15) is 0 Å². The minimum absolute atomic E-state index is 1.04. The van der Waals surface area contributed by atoms with Gasteiger partial charge in [-0.05, 0) is 18.1 Å². The normalized spacial score (nSPS) is 12.2. The summed E-state index contributed by atoms with van der Waals surface area (Å²) in [5, 5.41) is 0. The molecule has 0 spiro atoms. The molecule has 0 aromatic heterocycles. The molecule has 0 nitrogen and oxygen atoms in total. The fourth-order valence-electron chi connectivity index (χ4n) is 1.03. The van der Waals surface area contributed by atoms with E-state index in [1.165, 1.54) is 0 Å². The van der Waals surface area contributed by atoms with E-state index in [-0.39, 0.29) is 0 Å². The quantitative estimate of drug-likeness (QED) is 0.522. The van der Waals surface area contributed by atoms with Crippen molar-refractivity contribution < 1.29 is 0 Å². The fraction of sp³-hybridized carbons (Fsp3) is 0.176. The molecule has 0 fully saturated rings. The van der Waals surface area contributed by atoms with E-state index in [2.05, 4.69) is 19.7 Å². The highest BCUT2D eigenvalue weighted by molar-refractivity contribution is 5.49. The summed E-state index contributed by atoms with van der Waals surface area (Å²) in [6, 6.07) is 0. The monoisotopic (exact) mass is 228 g/mol. The van der Waals surface area contributed by atoms with Crippen LogP contribution < -0.4 is 0 Å². The van der Waals surface area contributed by atoms with Crippen LogP contribution >= 0.6 is 0 Å². The molecule has 0 atom stereocenters. The van der Waals surface area contributed by atoms with Crippen LogP contribution in [-0.4, -0.2) is 0 Å². The van der Waals surface area contributed by atoms with Gasteiger partial charge in [-0.15, -0.1) is 0 Å². The van der Waals surface area contributed by atoms with Crippen LogP contribution in [0, 0.1) is 0 Å². The van der Waals surface area contributed by atoms with Gasteiger partial charge in [0, 0.05) is 0 Å². The first kappa shape index (κ1) is 17.6. The molecule has 0 saturated carbocycles. The van der Waals surface area contributed by atoms with Crippen LogP contribution in [-0.2, 0) is 0 Å². The van der Waals surface area contributed by atoms with Gasteiger partial charge in [-0.25, -0.2) is 0 Å². The Hall–Kier alpha value is -1.82. The highest BCUT2D eigenvalue weighted by atomic mass is 14.0. The summed E-state index contributed by atoms with van der Waals surface area (Å²) >= 11 is 0. The van der Waals surface area contributed by atoms with Crippen molar-refractivity contribution in [3.63, 3.8) is 0 Å². The average molecular weight is 228 g/mol. The number of rotatable bonds is 6. The smallest absolute Gasteiger partial charge is 0.0184 e. The van der Waals surface area contributed by atoms with Crippen molar-refractivity contribution in [3.05, 3.63) is 85.6 Å². The van der Waals surface area contributed by atoms with E-state index in [0.29, 0.717) is 0 Å². The molecule has 17 heavy (non-hydrogen) atoms. The largest absolute Gasteiger partial charge is 0.0991 e. The zero-order valence-electron chi connectivity index (χ0n) is 11.3. The fourth-order valence-corrected chi connectivity index (χ4v) is 1.03. The van der Waals surface area contributed by atoms with E-state index in [1.54, 1.807) is 12.2 Å². The first-order chi connectivity index (χ1) is 8.29. The lowest BCUT2D eigenvalue weighted by Crippen LogP contribution is -1.81. The van der Waals surface area contributed by atoms with Gasteiger partial charge in [0.25, 0.3) is 0 Å². The van der Waals surface area contributed by atoms with Gasteiger partial charge in [0.05, 0.1) is 0 Å². The van der Waals surface area contributed by atoms with E-state index in [0.717, 1.165) is 11.1 Å². The first-order valence-corrected chi connectivity index (χ1v) is 5.87. The molecule has 0 aliphatic carbocycles. The van der Waals surface area contributed by atoms with Crippen LogP contribution in [0.3, 0.4) is 0 Å². The first-order valence-electron chi connectivity index (χ1n) is 5.87. The molecule has 0 aliphatic heterocycles. The average Bonchev–Trinajstić information content (AvgIpc) is 2.39. The highest BCUT2D eigenvalue weighted by Gasteiger charge is 1.94. The van der Waals surface area contributed by atoms with Gasteiger partial charge in [-0.3, -0.25) is 0 Å². The zero-order chi connectivity index (χ0) is 13.5. The summed E-state index contributed by atoms with van der Waals surface area (Å²) in [6.07, 6.45) is 17.1. The van der Waals surface area contributed by atoms with Gasteiger partial charge >= 0.3 is 0 Å². The Bertz CT molecular complexity index is 333. The van der Waals surface area contributed by atoms with Crippen molar-refractivity contribution in [1.82, 2.24) is 0 Å². The lowest BCUT2D eigenvalue weighted by Gasteiger charge is -2.01. The minimum atomic E-state index is 1.04. The molecule has 0 aromatic rings. The SMILES string of the molecule is C=C\C=C/C(=C\C=C/C)C(/C=C)=C/C=C.CC. The van der Waals surface area contributed by atoms with E-state index in [1.807, 2.05) is 63.3 Å². The standard InChI is InChI=1S/C15H18.C2H6/c1-5-9-12-15(13-10-6-2)14(8-4)11-7-3;1-2/h5-13H,1,3-4H2,2H3;1-2H3/b10-6-,12-9-,14-11+,15-13+;. The molecule has 0 radical (unpaired) electrons. The molecule has 0 aliphatic rings. The third-order valence-corrected chi connectivity index (χ3v) is 1.73. The predicted molar refractivity (Wildman–Crippen MR) is 82.1 cm³/mol. The van der Waals surface area contributed by atoms with E-state index >= 15 is 0 Å². The van der Waals surface area contributed by atoms with Crippen molar-refractivity contribution in [2.45, 2.75) is 20.8 Å². The predicted octanol–water partition coefficient (Wildman–Crippen LogP) is 5.56. The molecule has 0 heteroatoms. The maximum Gasteiger partial charge on any atom is -0.0184 e. The molecule has 0 unspecified atom stereocenters. The minimum Gasteiger partial charge on any atom is -0.0991 e. The Balaban J connectivity index is 0. The van der Waals surface area contributed by atoms with Crippen LogP contribution in [0.25, 0.3) is 0 Å². The summed E-state index contributed by atoms with van der Waals surface area (Å²) in [4.78, 5) is 0. The Morgan fingerprint density at radius 1 is 0.824 bits per heavy atom. The van der Waals surface area contributed by atoms with Gasteiger partial charge in [-0.1, -0.05) is 88.3 Å². The number of hydrogen-bond donors (Lipinski definition) is 0. The lowest BCUT2D eigenvalue weighted by atomic mass is 10.0. The molecular weight excluding hydrogens is 204 g/mol. The Kier molecular flexibility index (Phi) is 14.7. The molecule has 0 amide bonds. The van der Waals surface area contributed by atoms with Crippen LogP contribution in [0.5, 0.6) is 0 Å². The van der Waals surface area contributed by atoms with E-state index in [9.17, 15) is 0 Å². The molecule has 0 rings (SSSR count). The van der Waals surface area contributed by atoms with Crippen molar-refractivity contribution in [3.8, 4) is 0 Å². The summed E-state index contributed by atoms with van der Waals surface area (Å²) in [7, 11) is 0. The summed E-state index contributed by atoms with van der Waals surface area (Å²) in [5.74, 6) is 0. The van der Waals surface area contributed by atoms with Crippen LogP contribution in [0.1, 0.15) is 20.8 Å². The van der Waals surface area contributed by atoms with Gasteiger partial charge in [0.2, 0.25) is 0 Å². The second kappa shape index (κ2) is 14.2. The lowest BCUT2D eigenvalue weighted by molar-refractivity contribution is 1.50. The van der Waals surface area contributed by atoms with Crippen molar-refractivity contribution in [2.75, 3.05) is 0 Å². The number of hydrogen-bond acceptors (Lipinski definition) is 0. The summed E-state index contributed by atoms with van der Waals surface area (Å²) < 4.78 is 0. The second-order valence-corrected chi connectivity index (χ2v) is 2.80. The summed E-state index contributed by atoms with van der Waals surface area (Å²) in [5.41, 5.74) is 2.13. The molecule has 0 aromatic carbocycles. The van der Waals surface area contributed by atoms with E-state index < -0.39 is 0 Å². The highest BCUT2D eigenvalue weighted by Crippen LogP contribution is 2.13. The molecule has 0 saturated heterocycles. The van der Waals surface area contributed by atoms with Crippen LogP contribution in [0.15, 0.2) is 85.6 Å². The van der Waals surface area contributed by atoms with Gasteiger partial charge < -0.3 is 0 Å². The molecule has 92 valence electrons. The maximum atomic E-state index is 3.78. The molecular formula is C17H24. The second-order valence-electron chi connectivity index (χ2n) is 2.80. The van der Waals surface area contributed by atoms with Crippen molar-refractivity contribution in [1.29, 1.82) is 0 Å². The topological polar surface area (TPSA) is 0 Å². The summed E-state index contributed by atoms with van der Waals surface area (Å²) in [6.45, 7) is 17.1. The Morgan fingerprint density at radius 3 is 1.88 bits per heavy atom. The third-order valence-electron chi connectivity index (χ3n) is 1.73. The van der Waals surface area contributed by atoms with Crippen molar-refractivity contribution >= 4 is 0 Å². The van der Waals surface area contributed by atoms with Crippen LogP contribution in [0.4, 0.5) is 0 Å². The molecule has 0 N–H and O–H groups in total. The zero-order valence-corrected chi connectivity index (χ0v) is 11.3. The molecule has 0 heterocycles. The maximum absolute atomic E-state index is 3.78. The molecule has 0 bridgehead atoms. The Morgan fingerprint density at radius 2 is 1.47 bits per heavy atom. The third kappa shape index (κ3) is 9.13. The Labute approximate surface area is 107 Å². The van der Waals surface area contributed by atoms with Gasteiger partial charge in [0.1, 0.15) is 0 Å². The number of allylic oxidation sites excluding steroid dienone is 11. The van der Waals surface area contributed by atoms with Crippen LogP contribution in [0.2, 0.25) is 0 Å².